The van der Waals surface area contributed by atoms with Crippen molar-refractivity contribution < 1.29 is 4.79 Å². The second-order valence-corrected chi connectivity index (χ2v) is 6.87. The van der Waals surface area contributed by atoms with Crippen LogP contribution in [0, 0.1) is 5.92 Å². The van der Waals surface area contributed by atoms with Crippen molar-refractivity contribution >= 4 is 5.91 Å². The Labute approximate surface area is 122 Å². The van der Waals surface area contributed by atoms with Gasteiger partial charge in [-0.3, -0.25) is 9.69 Å². The molecule has 1 aliphatic carbocycles. The Bertz CT molecular complexity index is 333. The summed E-state index contributed by atoms with van der Waals surface area (Å²) in [7, 11) is 2.16. The molecule has 2 aliphatic rings. The van der Waals surface area contributed by atoms with Gasteiger partial charge in [-0.15, -0.1) is 0 Å². The van der Waals surface area contributed by atoms with Crippen molar-refractivity contribution in [3.8, 4) is 0 Å². The lowest BCUT2D eigenvalue weighted by atomic mass is 9.77. The number of amides is 1. The molecule has 1 atom stereocenters. The first-order valence-electron chi connectivity index (χ1n) is 7.92. The lowest BCUT2D eigenvalue weighted by Gasteiger charge is -2.41. The van der Waals surface area contributed by atoms with Gasteiger partial charge < -0.3 is 16.0 Å². The maximum atomic E-state index is 12.1. The molecule has 0 radical (unpaired) electrons. The van der Waals surface area contributed by atoms with Crippen LogP contribution in [0.5, 0.6) is 0 Å². The van der Waals surface area contributed by atoms with E-state index in [9.17, 15) is 4.79 Å². The van der Waals surface area contributed by atoms with Crippen LogP contribution in [-0.4, -0.2) is 67.1 Å². The van der Waals surface area contributed by atoms with Crippen molar-refractivity contribution in [2.75, 3.05) is 39.8 Å². The number of piperazine rings is 1. The minimum atomic E-state index is -0.580. The quantitative estimate of drug-likeness (QED) is 0.759. The van der Waals surface area contributed by atoms with Crippen LogP contribution in [0.3, 0.4) is 0 Å². The molecule has 1 amide bonds. The lowest BCUT2D eigenvalue weighted by Crippen LogP contribution is -2.61. The largest absolute Gasteiger partial charge is 0.353 e. The summed E-state index contributed by atoms with van der Waals surface area (Å²) >= 11 is 0. The second-order valence-electron chi connectivity index (χ2n) is 6.87. The third kappa shape index (κ3) is 3.51. The first kappa shape index (κ1) is 15.7. The van der Waals surface area contributed by atoms with Crippen molar-refractivity contribution in [3.05, 3.63) is 0 Å². The van der Waals surface area contributed by atoms with Crippen molar-refractivity contribution in [3.63, 3.8) is 0 Å². The van der Waals surface area contributed by atoms with Crippen LogP contribution >= 0.6 is 0 Å². The highest BCUT2D eigenvalue weighted by molar-refractivity contribution is 5.87. The number of hydrogen-bond acceptors (Lipinski definition) is 4. The predicted molar refractivity (Wildman–Crippen MR) is 81.5 cm³/mol. The average Bonchev–Trinajstić information content (AvgIpc) is 2.37. The number of likely N-dealkylation sites (N-methyl/N-ethyl adjacent to an activating group) is 1. The van der Waals surface area contributed by atoms with Gasteiger partial charge in [0, 0.05) is 38.8 Å². The normalized spacial score (nSPS) is 25.2. The Morgan fingerprint density at radius 1 is 1.25 bits per heavy atom. The third-order valence-electron chi connectivity index (χ3n) is 4.95. The van der Waals surface area contributed by atoms with Crippen LogP contribution in [0.1, 0.15) is 33.1 Å². The monoisotopic (exact) mass is 282 g/mol. The average molecular weight is 282 g/mol. The second kappa shape index (κ2) is 6.41. The van der Waals surface area contributed by atoms with Crippen LogP contribution in [0.4, 0.5) is 0 Å². The summed E-state index contributed by atoms with van der Waals surface area (Å²) in [5.74, 6) is 0.581. The van der Waals surface area contributed by atoms with E-state index in [1.807, 2.05) is 0 Å². The van der Waals surface area contributed by atoms with Gasteiger partial charge in [0.25, 0.3) is 0 Å². The summed E-state index contributed by atoms with van der Waals surface area (Å²) in [5.41, 5.74) is 5.49. The highest BCUT2D eigenvalue weighted by Crippen LogP contribution is 2.29. The maximum Gasteiger partial charge on any atom is 0.240 e. The van der Waals surface area contributed by atoms with Gasteiger partial charge >= 0.3 is 0 Å². The molecule has 0 aromatic carbocycles. The van der Waals surface area contributed by atoms with Gasteiger partial charge in [0.2, 0.25) is 5.91 Å². The SMILES string of the molecule is CC(C)C(CNC(=O)C1(N)CCC1)N1CCN(C)CC1. The molecule has 0 bridgehead atoms. The smallest absolute Gasteiger partial charge is 0.240 e. The van der Waals surface area contributed by atoms with Gasteiger partial charge in [-0.05, 0) is 32.2 Å². The van der Waals surface area contributed by atoms with E-state index in [2.05, 4.69) is 36.0 Å². The molecule has 20 heavy (non-hydrogen) atoms. The van der Waals surface area contributed by atoms with E-state index in [-0.39, 0.29) is 5.91 Å². The number of nitrogens with zero attached hydrogens (tertiary/aromatic N) is 2. The van der Waals surface area contributed by atoms with E-state index in [1.165, 1.54) is 0 Å². The Morgan fingerprint density at radius 3 is 2.30 bits per heavy atom. The lowest BCUT2D eigenvalue weighted by molar-refractivity contribution is -0.129. The number of carbonyl (C=O) groups is 1. The van der Waals surface area contributed by atoms with E-state index in [4.69, 9.17) is 5.73 Å². The van der Waals surface area contributed by atoms with Gasteiger partial charge in [-0.2, -0.15) is 0 Å². The van der Waals surface area contributed by atoms with Crippen LogP contribution in [0.25, 0.3) is 0 Å². The standard InChI is InChI=1S/C15H30N4O/c1-12(2)13(19-9-7-18(3)8-10-19)11-17-14(20)15(16)5-4-6-15/h12-13H,4-11,16H2,1-3H3,(H,17,20). The molecule has 0 spiro atoms. The Morgan fingerprint density at radius 2 is 1.85 bits per heavy atom. The topological polar surface area (TPSA) is 61.6 Å². The van der Waals surface area contributed by atoms with E-state index in [0.29, 0.717) is 12.0 Å². The first-order chi connectivity index (χ1) is 9.42. The molecular formula is C15H30N4O. The summed E-state index contributed by atoms with van der Waals surface area (Å²) in [6.45, 7) is 9.58. The van der Waals surface area contributed by atoms with Gasteiger partial charge in [0.1, 0.15) is 0 Å². The molecule has 2 fully saturated rings. The number of nitrogens with two attached hydrogens (primary N) is 1. The van der Waals surface area contributed by atoms with Gasteiger partial charge in [-0.1, -0.05) is 13.8 Å². The highest BCUT2D eigenvalue weighted by atomic mass is 16.2. The molecule has 0 aromatic heterocycles. The Kier molecular flexibility index (Phi) is 5.04. The molecule has 0 aromatic rings. The van der Waals surface area contributed by atoms with Crippen LogP contribution in [-0.2, 0) is 4.79 Å². The molecule has 116 valence electrons. The molecule has 1 saturated heterocycles. The van der Waals surface area contributed by atoms with Crippen LogP contribution < -0.4 is 11.1 Å². The van der Waals surface area contributed by atoms with Crippen LogP contribution in [0.2, 0.25) is 0 Å². The fraction of sp³-hybridized carbons (Fsp3) is 0.933. The molecule has 5 heteroatoms. The van der Waals surface area contributed by atoms with Crippen molar-refractivity contribution in [2.24, 2.45) is 11.7 Å². The molecule has 1 heterocycles. The molecule has 1 saturated carbocycles. The fourth-order valence-corrected chi connectivity index (χ4v) is 3.10. The Balaban J connectivity index is 1.84. The highest BCUT2D eigenvalue weighted by Gasteiger charge is 2.40. The number of nitrogens with one attached hydrogen (secondary N) is 1. The zero-order valence-corrected chi connectivity index (χ0v) is 13.2. The van der Waals surface area contributed by atoms with Crippen LogP contribution in [0.15, 0.2) is 0 Å². The fourth-order valence-electron chi connectivity index (χ4n) is 3.10. The minimum Gasteiger partial charge on any atom is -0.353 e. The van der Waals surface area contributed by atoms with E-state index in [0.717, 1.165) is 52.0 Å². The summed E-state index contributed by atoms with van der Waals surface area (Å²) in [4.78, 5) is 17.0. The molecule has 2 rings (SSSR count). The summed E-state index contributed by atoms with van der Waals surface area (Å²) in [5, 5.41) is 3.10. The van der Waals surface area contributed by atoms with E-state index < -0.39 is 5.54 Å². The van der Waals surface area contributed by atoms with E-state index >= 15 is 0 Å². The predicted octanol–water partition coefficient (Wildman–Crippen LogP) is 0.256. The van der Waals surface area contributed by atoms with Crippen molar-refractivity contribution in [1.82, 2.24) is 15.1 Å². The zero-order chi connectivity index (χ0) is 14.8. The van der Waals surface area contributed by atoms with Crippen molar-refractivity contribution in [2.45, 2.75) is 44.7 Å². The number of carbonyl (C=O) groups excluding carboxylic acids is 1. The Hall–Kier alpha value is -0.650. The first-order valence-corrected chi connectivity index (χ1v) is 7.92. The van der Waals surface area contributed by atoms with Gasteiger partial charge in [0.15, 0.2) is 0 Å². The molecule has 5 nitrogen and oxygen atoms in total. The zero-order valence-electron chi connectivity index (χ0n) is 13.2. The summed E-state index contributed by atoms with van der Waals surface area (Å²) in [6.07, 6.45) is 2.75. The number of hydrogen-bond donors (Lipinski definition) is 2. The molecule has 1 aliphatic heterocycles. The minimum absolute atomic E-state index is 0.0449. The van der Waals surface area contributed by atoms with Gasteiger partial charge in [-0.25, -0.2) is 0 Å². The summed E-state index contributed by atoms with van der Waals surface area (Å²) < 4.78 is 0. The van der Waals surface area contributed by atoms with Crippen molar-refractivity contribution in [1.29, 1.82) is 0 Å². The number of rotatable bonds is 5. The maximum absolute atomic E-state index is 12.1. The third-order valence-corrected chi connectivity index (χ3v) is 4.95. The molecular weight excluding hydrogens is 252 g/mol. The van der Waals surface area contributed by atoms with Gasteiger partial charge in [0.05, 0.1) is 5.54 Å². The molecule has 3 N–H and O–H groups in total. The molecule has 1 unspecified atom stereocenters. The summed E-state index contributed by atoms with van der Waals surface area (Å²) in [6, 6.07) is 0.413. The van der Waals surface area contributed by atoms with E-state index in [1.54, 1.807) is 0 Å².